The van der Waals surface area contributed by atoms with Crippen LogP contribution < -0.4 is 15.4 Å². The standard InChI is InChI=1S/C27H28N8O2S/c1-35(2)38(36,37)33-24-15-16-26(30-27(24)29-21-13-14-23-25(17-21)32-34-31-23)28-18-22(19-9-5-3-6-10-19)20-11-7-4-8-12-20/h3-17,22,33H,18H2,1-2H3,(H2,28,29,30)(H,31,32,34). The Morgan fingerprint density at radius 3 is 2.16 bits per heavy atom. The minimum absolute atomic E-state index is 0.0945. The first kappa shape index (κ1) is 25.2. The Bertz CT molecular complexity index is 1580. The van der Waals surface area contributed by atoms with Crippen LogP contribution in [0.1, 0.15) is 17.0 Å². The summed E-state index contributed by atoms with van der Waals surface area (Å²) < 4.78 is 28.9. The maximum atomic E-state index is 12.6. The molecule has 38 heavy (non-hydrogen) atoms. The molecule has 0 aliphatic rings. The lowest BCUT2D eigenvalue weighted by Crippen LogP contribution is -2.29. The van der Waals surface area contributed by atoms with Crippen LogP contribution in [0.4, 0.5) is 23.0 Å². The van der Waals surface area contributed by atoms with Crippen molar-refractivity contribution in [2.24, 2.45) is 0 Å². The fourth-order valence-corrected chi connectivity index (χ4v) is 4.65. The molecule has 5 rings (SSSR count). The molecule has 0 saturated heterocycles. The van der Waals surface area contributed by atoms with Crippen LogP contribution in [0.2, 0.25) is 0 Å². The molecule has 0 saturated carbocycles. The van der Waals surface area contributed by atoms with Gasteiger partial charge in [0.15, 0.2) is 5.82 Å². The monoisotopic (exact) mass is 528 g/mol. The molecule has 10 nitrogen and oxygen atoms in total. The lowest BCUT2D eigenvalue weighted by molar-refractivity contribution is 0.527. The van der Waals surface area contributed by atoms with Crippen LogP contribution in [0.15, 0.2) is 91.0 Å². The number of hydrogen-bond donors (Lipinski definition) is 4. The number of aromatic amines is 1. The number of rotatable bonds is 10. The number of pyridine rings is 1. The fourth-order valence-electron chi connectivity index (χ4n) is 4.03. The summed E-state index contributed by atoms with van der Waals surface area (Å²) in [6, 6.07) is 29.5. The number of anilines is 4. The first-order valence-electron chi connectivity index (χ1n) is 12.0. The van der Waals surface area contributed by atoms with E-state index in [2.05, 4.69) is 55.0 Å². The van der Waals surface area contributed by atoms with Crippen LogP contribution in [0.5, 0.6) is 0 Å². The normalized spacial score (nSPS) is 11.7. The van der Waals surface area contributed by atoms with Gasteiger partial charge in [-0.05, 0) is 41.5 Å². The second-order valence-electron chi connectivity index (χ2n) is 8.89. The van der Waals surface area contributed by atoms with Crippen LogP contribution in [0.3, 0.4) is 0 Å². The highest BCUT2D eigenvalue weighted by molar-refractivity contribution is 7.90. The van der Waals surface area contributed by atoms with Crippen molar-refractivity contribution in [1.29, 1.82) is 0 Å². The topological polar surface area (TPSA) is 128 Å². The zero-order valence-corrected chi connectivity index (χ0v) is 21.8. The molecule has 0 unspecified atom stereocenters. The molecule has 0 radical (unpaired) electrons. The highest BCUT2D eigenvalue weighted by atomic mass is 32.2. The van der Waals surface area contributed by atoms with Crippen molar-refractivity contribution in [3.05, 3.63) is 102 Å². The van der Waals surface area contributed by atoms with E-state index in [-0.39, 0.29) is 5.92 Å². The van der Waals surface area contributed by atoms with Crippen LogP contribution in [-0.4, -0.2) is 53.8 Å². The summed E-state index contributed by atoms with van der Waals surface area (Å²) in [5.41, 5.74) is 4.76. The van der Waals surface area contributed by atoms with Gasteiger partial charge in [-0.15, -0.1) is 0 Å². The van der Waals surface area contributed by atoms with Crippen molar-refractivity contribution in [3.8, 4) is 0 Å². The molecule has 0 atom stereocenters. The van der Waals surface area contributed by atoms with Crippen LogP contribution in [-0.2, 0) is 10.2 Å². The van der Waals surface area contributed by atoms with Gasteiger partial charge in [0.05, 0.1) is 5.69 Å². The molecule has 0 fully saturated rings. The van der Waals surface area contributed by atoms with E-state index >= 15 is 0 Å². The van der Waals surface area contributed by atoms with E-state index in [4.69, 9.17) is 4.98 Å². The first-order valence-corrected chi connectivity index (χ1v) is 13.5. The Morgan fingerprint density at radius 2 is 1.50 bits per heavy atom. The van der Waals surface area contributed by atoms with Gasteiger partial charge in [-0.25, -0.2) is 4.98 Å². The Balaban J connectivity index is 1.45. The molecule has 0 aliphatic heterocycles. The predicted molar refractivity (Wildman–Crippen MR) is 151 cm³/mol. The van der Waals surface area contributed by atoms with Crippen molar-refractivity contribution in [1.82, 2.24) is 24.7 Å². The molecule has 3 aromatic carbocycles. The smallest absolute Gasteiger partial charge is 0.301 e. The van der Waals surface area contributed by atoms with E-state index in [9.17, 15) is 8.42 Å². The van der Waals surface area contributed by atoms with E-state index in [0.29, 0.717) is 35.1 Å². The third kappa shape index (κ3) is 5.74. The third-order valence-electron chi connectivity index (χ3n) is 6.09. The third-order valence-corrected chi connectivity index (χ3v) is 7.52. The molecule has 11 heteroatoms. The zero-order chi connectivity index (χ0) is 26.5. The lowest BCUT2D eigenvalue weighted by Gasteiger charge is -2.21. The molecule has 2 aromatic heterocycles. The molecule has 0 amide bonds. The van der Waals surface area contributed by atoms with Crippen molar-refractivity contribution in [2.45, 2.75) is 5.92 Å². The molecular weight excluding hydrogens is 500 g/mol. The summed E-state index contributed by atoms with van der Waals surface area (Å²) in [7, 11) is -0.821. The molecule has 0 aliphatic carbocycles. The van der Waals surface area contributed by atoms with Crippen LogP contribution >= 0.6 is 0 Å². The van der Waals surface area contributed by atoms with E-state index in [1.165, 1.54) is 25.2 Å². The maximum absolute atomic E-state index is 12.6. The van der Waals surface area contributed by atoms with E-state index in [1.807, 2.05) is 54.6 Å². The number of H-pyrrole nitrogens is 1. The molecule has 2 heterocycles. The number of nitrogens with one attached hydrogen (secondary N) is 4. The Hall–Kier alpha value is -4.48. The van der Waals surface area contributed by atoms with Gasteiger partial charge in [0.1, 0.15) is 16.9 Å². The van der Waals surface area contributed by atoms with Gasteiger partial charge in [-0.3, -0.25) is 4.72 Å². The number of nitrogens with zero attached hydrogens (tertiary/aromatic N) is 4. The fraction of sp³-hybridized carbons (Fsp3) is 0.148. The average Bonchev–Trinajstić information content (AvgIpc) is 3.39. The van der Waals surface area contributed by atoms with E-state index in [1.54, 1.807) is 12.1 Å². The van der Waals surface area contributed by atoms with Gasteiger partial charge in [0, 0.05) is 32.2 Å². The van der Waals surface area contributed by atoms with Gasteiger partial charge < -0.3 is 10.6 Å². The number of fused-ring (bicyclic) bond motifs is 1. The quantitative estimate of drug-likeness (QED) is 0.209. The molecular formula is C27H28N8O2S. The van der Waals surface area contributed by atoms with Crippen molar-refractivity contribution in [3.63, 3.8) is 0 Å². The number of benzene rings is 3. The summed E-state index contributed by atoms with van der Waals surface area (Å²) in [4.78, 5) is 4.73. The zero-order valence-electron chi connectivity index (χ0n) is 21.0. The van der Waals surface area contributed by atoms with Crippen molar-refractivity contribution >= 4 is 44.3 Å². The van der Waals surface area contributed by atoms with Gasteiger partial charge >= 0.3 is 10.2 Å². The predicted octanol–water partition coefficient (Wildman–Crippen LogP) is 4.56. The van der Waals surface area contributed by atoms with Gasteiger partial charge in [0.25, 0.3) is 0 Å². The minimum atomic E-state index is -3.75. The average molecular weight is 529 g/mol. The van der Waals surface area contributed by atoms with E-state index in [0.717, 1.165) is 9.82 Å². The van der Waals surface area contributed by atoms with E-state index < -0.39 is 10.2 Å². The Kier molecular flexibility index (Phi) is 7.20. The summed E-state index contributed by atoms with van der Waals surface area (Å²) >= 11 is 0. The molecule has 0 bridgehead atoms. The summed E-state index contributed by atoms with van der Waals surface area (Å²) in [5.74, 6) is 1.04. The Morgan fingerprint density at radius 1 is 0.842 bits per heavy atom. The highest BCUT2D eigenvalue weighted by Gasteiger charge is 2.18. The van der Waals surface area contributed by atoms with Gasteiger partial charge in [-0.2, -0.15) is 28.1 Å². The highest BCUT2D eigenvalue weighted by Crippen LogP contribution is 2.29. The second-order valence-corrected chi connectivity index (χ2v) is 10.8. The maximum Gasteiger partial charge on any atom is 0.301 e. The van der Waals surface area contributed by atoms with Crippen LogP contribution in [0, 0.1) is 0 Å². The number of hydrogen-bond acceptors (Lipinski definition) is 7. The molecule has 4 N–H and O–H groups in total. The minimum Gasteiger partial charge on any atom is -0.369 e. The largest absolute Gasteiger partial charge is 0.369 e. The molecule has 0 spiro atoms. The van der Waals surface area contributed by atoms with Crippen molar-refractivity contribution in [2.75, 3.05) is 36.0 Å². The van der Waals surface area contributed by atoms with Gasteiger partial charge in [0.2, 0.25) is 0 Å². The molecule has 5 aromatic rings. The summed E-state index contributed by atoms with van der Waals surface area (Å²) in [6.45, 7) is 0.591. The van der Waals surface area contributed by atoms with Crippen molar-refractivity contribution < 1.29 is 8.42 Å². The second kappa shape index (κ2) is 10.9. The SMILES string of the molecule is CN(C)S(=O)(=O)Nc1ccc(NCC(c2ccccc2)c2ccccc2)nc1Nc1ccc2n[nH]nc2c1. The lowest BCUT2D eigenvalue weighted by atomic mass is 9.91. The number of aromatic nitrogens is 4. The molecule has 194 valence electrons. The summed E-state index contributed by atoms with van der Waals surface area (Å²) in [5, 5.41) is 17.5. The Labute approximate surface area is 221 Å². The summed E-state index contributed by atoms with van der Waals surface area (Å²) in [6.07, 6.45) is 0. The van der Waals surface area contributed by atoms with Crippen LogP contribution in [0.25, 0.3) is 11.0 Å². The van der Waals surface area contributed by atoms with Gasteiger partial charge in [-0.1, -0.05) is 60.7 Å². The first-order chi connectivity index (χ1) is 18.4.